The number of hydrogen-bond donors (Lipinski definition) is 1. The van der Waals surface area contributed by atoms with Crippen LogP contribution in [0.3, 0.4) is 0 Å². The molecule has 2 nitrogen and oxygen atoms in total. The van der Waals surface area contributed by atoms with Gasteiger partial charge in [-0.2, -0.15) is 0 Å². The standard InChI is InChI=1S/C12H16F2N2/c1-2-16(11-6-15-7-11)8-9-5-10(13)3-4-12(9)14/h3-5,11,15H,2,6-8H2,1H3. The van der Waals surface area contributed by atoms with E-state index < -0.39 is 0 Å². The van der Waals surface area contributed by atoms with E-state index >= 15 is 0 Å². The molecule has 1 fully saturated rings. The van der Waals surface area contributed by atoms with Crippen LogP contribution in [0.1, 0.15) is 12.5 Å². The Morgan fingerprint density at radius 2 is 2.12 bits per heavy atom. The molecule has 1 heterocycles. The molecule has 1 aromatic carbocycles. The second-order valence-electron chi connectivity index (χ2n) is 4.11. The van der Waals surface area contributed by atoms with Gasteiger partial charge in [-0.25, -0.2) is 8.78 Å². The first kappa shape index (κ1) is 11.5. The number of nitrogens with zero attached hydrogens (tertiary/aromatic N) is 1. The van der Waals surface area contributed by atoms with E-state index in [1.807, 2.05) is 6.92 Å². The van der Waals surface area contributed by atoms with Crippen LogP contribution in [0, 0.1) is 11.6 Å². The molecule has 16 heavy (non-hydrogen) atoms. The fraction of sp³-hybridized carbons (Fsp3) is 0.500. The zero-order chi connectivity index (χ0) is 11.5. The highest BCUT2D eigenvalue weighted by atomic mass is 19.1. The van der Waals surface area contributed by atoms with E-state index in [2.05, 4.69) is 10.2 Å². The molecule has 0 amide bonds. The van der Waals surface area contributed by atoms with Crippen LogP contribution in [-0.4, -0.2) is 30.6 Å². The fourth-order valence-corrected chi connectivity index (χ4v) is 1.91. The van der Waals surface area contributed by atoms with Gasteiger partial charge in [0.25, 0.3) is 0 Å². The van der Waals surface area contributed by atoms with Gasteiger partial charge in [0.1, 0.15) is 11.6 Å². The van der Waals surface area contributed by atoms with Crippen LogP contribution < -0.4 is 5.32 Å². The first-order valence-electron chi connectivity index (χ1n) is 5.59. The van der Waals surface area contributed by atoms with Gasteiger partial charge in [-0.05, 0) is 24.7 Å². The first-order chi connectivity index (χ1) is 7.70. The second kappa shape index (κ2) is 4.89. The van der Waals surface area contributed by atoms with Crippen LogP contribution in [-0.2, 0) is 6.54 Å². The normalized spacial score (nSPS) is 16.5. The molecule has 2 rings (SSSR count). The summed E-state index contributed by atoms with van der Waals surface area (Å²) in [5.74, 6) is -0.702. The largest absolute Gasteiger partial charge is 0.314 e. The topological polar surface area (TPSA) is 15.3 Å². The maximum absolute atomic E-state index is 13.4. The Hall–Kier alpha value is -1.00. The molecule has 0 spiro atoms. The van der Waals surface area contributed by atoms with Crippen molar-refractivity contribution in [2.24, 2.45) is 0 Å². The van der Waals surface area contributed by atoms with E-state index in [0.29, 0.717) is 18.2 Å². The van der Waals surface area contributed by atoms with Crippen LogP contribution >= 0.6 is 0 Å². The van der Waals surface area contributed by atoms with Gasteiger partial charge >= 0.3 is 0 Å². The number of likely N-dealkylation sites (N-methyl/N-ethyl adjacent to an activating group) is 1. The highest BCUT2D eigenvalue weighted by molar-refractivity contribution is 5.18. The summed E-state index contributed by atoms with van der Waals surface area (Å²) >= 11 is 0. The molecular weight excluding hydrogens is 210 g/mol. The third-order valence-corrected chi connectivity index (χ3v) is 3.06. The Bertz CT molecular complexity index is 364. The number of hydrogen-bond acceptors (Lipinski definition) is 2. The van der Waals surface area contributed by atoms with Gasteiger partial charge in [0.15, 0.2) is 0 Å². The van der Waals surface area contributed by atoms with E-state index in [0.717, 1.165) is 25.7 Å². The Morgan fingerprint density at radius 3 is 2.69 bits per heavy atom. The van der Waals surface area contributed by atoms with Gasteiger partial charge in [-0.15, -0.1) is 0 Å². The monoisotopic (exact) mass is 226 g/mol. The van der Waals surface area contributed by atoms with Gasteiger partial charge < -0.3 is 5.32 Å². The summed E-state index contributed by atoms with van der Waals surface area (Å²) in [5, 5.41) is 3.18. The number of rotatable bonds is 4. The molecular formula is C12H16F2N2. The minimum Gasteiger partial charge on any atom is -0.314 e. The Kier molecular flexibility index (Phi) is 3.51. The smallest absolute Gasteiger partial charge is 0.127 e. The molecule has 0 atom stereocenters. The van der Waals surface area contributed by atoms with Crippen molar-refractivity contribution in [3.8, 4) is 0 Å². The Labute approximate surface area is 94.3 Å². The van der Waals surface area contributed by atoms with Crippen LogP contribution in [0.4, 0.5) is 8.78 Å². The fourth-order valence-electron chi connectivity index (χ4n) is 1.91. The molecule has 1 saturated heterocycles. The maximum Gasteiger partial charge on any atom is 0.127 e. The van der Waals surface area contributed by atoms with E-state index in [1.54, 1.807) is 0 Å². The second-order valence-corrected chi connectivity index (χ2v) is 4.11. The number of benzene rings is 1. The minimum absolute atomic E-state index is 0.327. The first-order valence-corrected chi connectivity index (χ1v) is 5.59. The van der Waals surface area contributed by atoms with Crippen LogP contribution in [0.2, 0.25) is 0 Å². The molecule has 0 saturated carbocycles. The average molecular weight is 226 g/mol. The Balaban J connectivity index is 2.08. The van der Waals surface area contributed by atoms with Gasteiger partial charge in [-0.3, -0.25) is 4.90 Å². The minimum atomic E-state index is -0.376. The predicted octanol–water partition coefficient (Wildman–Crippen LogP) is 1.76. The van der Waals surface area contributed by atoms with Crippen LogP contribution in [0.15, 0.2) is 18.2 Å². The summed E-state index contributed by atoms with van der Waals surface area (Å²) in [4.78, 5) is 2.16. The molecule has 1 N–H and O–H groups in total. The lowest BCUT2D eigenvalue weighted by Crippen LogP contribution is -2.56. The summed E-state index contributed by atoms with van der Waals surface area (Å²) in [6.07, 6.45) is 0. The molecule has 88 valence electrons. The van der Waals surface area contributed by atoms with Gasteiger partial charge in [0.05, 0.1) is 0 Å². The molecule has 0 unspecified atom stereocenters. The zero-order valence-electron chi connectivity index (χ0n) is 9.34. The average Bonchev–Trinajstić information content (AvgIpc) is 2.19. The van der Waals surface area contributed by atoms with Crippen molar-refractivity contribution in [3.05, 3.63) is 35.4 Å². The summed E-state index contributed by atoms with van der Waals surface area (Å²) in [6.45, 7) is 5.24. The summed E-state index contributed by atoms with van der Waals surface area (Å²) in [7, 11) is 0. The molecule has 4 heteroatoms. The van der Waals surface area contributed by atoms with Crippen molar-refractivity contribution >= 4 is 0 Å². The SMILES string of the molecule is CCN(Cc1cc(F)ccc1F)C1CNC1. The Morgan fingerprint density at radius 1 is 1.38 bits per heavy atom. The van der Waals surface area contributed by atoms with Gasteiger partial charge in [0.2, 0.25) is 0 Å². The molecule has 1 aliphatic rings. The summed E-state index contributed by atoms with van der Waals surface area (Å²) < 4.78 is 26.4. The number of halogens is 2. The summed E-state index contributed by atoms with van der Waals surface area (Å²) in [5.41, 5.74) is 0.439. The molecule has 1 aliphatic heterocycles. The molecule has 1 aromatic rings. The highest BCUT2D eigenvalue weighted by Crippen LogP contribution is 2.15. The van der Waals surface area contributed by atoms with Gasteiger partial charge in [0, 0.05) is 31.2 Å². The molecule has 0 aromatic heterocycles. The summed E-state index contributed by atoms with van der Waals surface area (Å²) in [6, 6.07) is 4.08. The lowest BCUT2D eigenvalue weighted by Gasteiger charge is -2.37. The van der Waals surface area contributed by atoms with E-state index in [4.69, 9.17) is 0 Å². The highest BCUT2D eigenvalue weighted by Gasteiger charge is 2.23. The number of nitrogens with one attached hydrogen (secondary N) is 1. The van der Waals surface area contributed by atoms with Gasteiger partial charge in [-0.1, -0.05) is 6.92 Å². The van der Waals surface area contributed by atoms with E-state index in [1.165, 1.54) is 12.1 Å². The maximum atomic E-state index is 13.4. The van der Waals surface area contributed by atoms with E-state index in [-0.39, 0.29) is 11.6 Å². The van der Waals surface area contributed by atoms with Crippen molar-refractivity contribution in [3.63, 3.8) is 0 Å². The van der Waals surface area contributed by atoms with E-state index in [9.17, 15) is 8.78 Å². The van der Waals surface area contributed by atoms with Crippen LogP contribution in [0.5, 0.6) is 0 Å². The molecule has 0 aliphatic carbocycles. The van der Waals surface area contributed by atoms with Crippen molar-refractivity contribution < 1.29 is 8.78 Å². The zero-order valence-corrected chi connectivity index (χ0v) is 9.34. The van der Waals surface area contributed by atoms with Crippen molar-refractivity contribution in [2.45, 2.75) is 19.5 Å². The van der Waals surface area contributed by atoms with Crippen molar-refractivity contribution in [1.82, 2.24) is 10.2 Å². The van der Waals surface area contributed by atoms with Crippen molar-refractivity contribution in [2.75, 3.05) is 19.6 Å². The lowest BCUT2D eigenvalue weighted by atomic mass is 10.1. The lowest BCUT2D eigenvalue weighted by molar-refractivity contribution is 0.143. The third-order valence-electron chi connectivity index (χ3n) is 3.06. The molecule has 0 bridgehead atoms. The third kappa shape index (κ3) is 2.39. The van der Waals surface area contributed by atoms with Crippen LogP contribution in [0.25, 0.3) is 0 Å². The molecule has 0 radical (unpaired) electrons. The van der Waals surface area contributed by atoms with Crippen molar-refractivity contribution in [1.29, 1.82) is 0 Å². The predicted molar refractivity (Wildman–Crippen MR) is 59.1 cm³/mol. The quantitative estimate of drug-likeness (QED) is 0.841.